The zero-order chi connectivity index (χ0) is 15.9. The van der Waals surface area contributed by atoms with Crippen molar-refractivity contribution in [2.24, 2.45) is 5.92 Å². The highest BCUT2D eigenvalue weighted by Crippen LogP contribution is 2.22. The van der Waals surface area contributed by atoms with E-state index in [1.807, 2.05) is 0 Å². The third-order valence-corrected chi connectivity index (χ3v) is 4.74. The molecule has 0 N–H and O–H groups in total. The molecule has 0 heterocycles. The van der Waals surface area contributed by atoms with Crippen molar-refractivity contribution in [1.82, 2.24) is 0 Å². The largest absolute Gasteiger partial charge is 0.0654 e. The summed E-state index contributed by atoms with van der Waals surface area (Å²) in [6.07, 6.45) is 18.2. The van der Waals surface area contributed by atoms with E-state index in [0.29, 0.717) is 0 Å². The van der Waals surface area contributed by atoms with E-state index in [2.05, 4.69) is 44.2 Å². The predicted octanol–water partition coefficient (Wildman–Crippen LogP) is 7.37. The molecule has 0 aliphatic heterocycles. The van der Waals surface area contributed by atoms with E-state index in [-0.39, 0.29) is 0 Å². The van der Waals surface area contributed by atoms with Crippen LogP contribution in [0.3, 0.4) is 0 Å². The molecule has 1 rings (SSSR count). The summed E-state index contributed by atoms with van der Waals surface area (Å²) < 4.78 is 0. The van der Waals surface area contributed by atoms with Crippen molar-refractivity contribution >= 4 is 0 Å². The topological polar surface area (TPSA) is 0 Å². The molecule has 1 radical (unpaired) electrons. The second-order valence-electron chi connectivity index (χ2n) is 6.88. The van der Waals surface area contributed by atoms with Gasteiger partial charge in [0, 0.05) is 0 Å². The molecule has 0 saturated carbocycles. The maximum atomic E-state index is 3.14. The average molecular weight is 302 g/mol. The van der Waals surface area contributed by atoms with Crippen LogP contribution >= 0.6 is 0 Å². The van der Waals surface area contributed by atoms with E-state index in [1.54, 1.807) is 0 Å². The van der Waals surface area contributed by atoms with Gasteiger partial charge in [0.15, 0.2) is 0 Å². The van der Waals surface area contributed by atoms with Crippen LogP contribution in [0.4, 0.5) is 0 Å². The molecule has 125 valence electrons. The van der Waals surface area contributed by atoms with Crippen LogP contribution in [0.1, 0.15) is 96.5 Å². The van der Waals surface area contributed by atoms with Gasteiger partial charge in [0.2, 0.25) is 0 Å². The number of unbranched alkanes of at least 4 members (excludes halogenated alkanes) is 8. The Hall–Kier alpha value is -0.780. The molecule has 0 aromatic heterocycles. The summed E-state index contributed by atoms with van der Waals surface area (Å²) in [4.78, 5) is 0. The fourth-order valence-corrected chi connectivity index (χ4v) is 3.31. The molecule has 0 nitrogen and oxygen atoms in total. The van der Waals surface area contributed by atoms with E-state index in [9.17, 15) is 0 Å². The smallest absolute Gasteiger partial charge is 0.0184 e. The van der Waals surface area contributed by atoms with Gasteiger partial charge in [-0.2, -0.15) is 0 Å². The van der Waals surface area contributed by atoms with Crippen LogP contribution in [0.15, 0.2) is 24.3 Å². The first-order valence-corrected chi connectivity index (χ1v) is 9.81. The van der Waals surface area contributed by atoms with Crippen molar-refractivity contribution in [3.63, 3.8) is 0 Å². The molecular weight excluding hydrogens is 264 g/mol. The first-order valence-electron chi connectivity index (χ1n) is 9.81. The SMILES string of the molecule is CCCCCCCCC(CCCCCC)Cc1cc[c]cc1. The van der Waals surface area contributed by atoms with Crippen molar-refractivity contribution in [1.29, 1.82) is 0 Å². The Kier molecular flexibility index (Phi) is 12.1. The van der Waals surface area contributed by atoms with Gasteiger partial charge in [0.1, 0.15) is 0 Å². The quantitative estimate of drug-likeness (QED) is 0.315. The fraction of sp³-hybridized carbons (Fsp3) is 0.727. The molecule has 0 heteroatoms. The van der Waals surface area contributed by atoms with Crippen molar-refractivity contribution in [2.45, 2.75) is 97.3 Å². The van der Waals surface area contributed by atoms with Crippen molar-refractivity contribution in [3.05, 3.63) is 35.9 Å². The van der Waals surface area contributed by atoms with Gasteiger partial charge in [-0.15, -0.1) is 0 Å². The van der Waals surface area contributed by atoms with Crippen LogP contribution in [-0.2, 0) is 6.42 Å². The molecule has 22 heavy (non-hydrogen) atoms. The van der Waals surface area contributed by atoms with Gasteiger partial charge in [0.25, 0.3) is 0 Å². The predicted molar refractivity (Wildman–Crippen MR) is 99.2 cm³/mol. The second kappa shape index (κ2) is 13.9. The molecule has 1 aromatic rings. The molecule has 1 atom stereocenters. The summed E-state index contributed by atoms with van der Waals surface area (Å²) in [5, 5.41) is 0. The van der Waals surface area contributed by atoms with Crippen LogP contribution in [0.25, 0.3) is 0 Å². The van der Waals surface area contributed by atoms with Crippen LogP contribution in [-0.4, -0.2) is 0 Å². The van der Waals surface area contributed by atoms with Crippen LogP contribution in [0.5, 0.6) is 0 Å². The number of hydrogen-bond donors (Lipinski definition) is 0. The lowest BCUT2D eigenvalue weighted by Gasteiger charge is -2.17. The van der Waals surface area contributed by atoms with E-state index in [4.69, 9.17) is 0 Å². The fourth-order valence-electron chi connectivity index (χ4n) is 3.31. The Bertz CT molecular complexity index is 327. The monoisotopic (exact) mass is 301 g/mol. The highest BCUT2D eigenvalue weighted by molar-refractivity contribution is 5.14. The van der Waals surface area contributed by atoms with Crippen molar-refractivity contribution in [2.75, 3.05) is 0 Å². The summed E-state index contributed by atoms with van der Waals surface area (Å²) in [6, 6.07) is 11.8. The minimum atomic E-state index is 0.894. The molecule has 1 unspecified atom stereocenters. The molecule has 0 saturated heterocycles. The summed E-state index contributed by atoms with van der Waals surface area (Å²) in [6.45, 7) is 4.60. The van der Waals surface area contributed by atoms with Gasteiger partial charge in [-0.05, 0) is 24.0 Å². The molecule has 1 aromatic carbocycles. The summed E-state index contributed by atoms with van der Waals surface area (Å²) >= 11 is 0. The van der Waals surface area contributed by atoms with Gasteiger partial charge in [-0.3, -0.25) is 0 Å². The molecule has 0 spiro atoms. The van der Waals surface area contributed by atoms with E-state index >= 15 is 0 Å². The Morgan fingerprint density at radius 2 is 1.23 bits per heavy atom. The second-order valence-corrected chi connectivity index (χ2v) is 6.88. The van der Waals surface area contributed by atoms with E-state index < -0.39 is 0 Å². The highest BCUT2D eigenvalue weighted by Gasteiger charge is 2.09. The minimum Gasteiger partial charge on any atom is -0.0654 e. The highest BCUT2D eigenvalue weighted by atomic mass is 14.1. The third-order valence-electron chi connectivity index (χ3n) is 4.74. The Morgan fingerprint density at radius 3 is 1.82 bits per heavy atom. The Labute approximate surface area is 139 Å². The first-order chi connectivity index (χ1) is 10.9. The zero-order valence-electron chi connectivity index (χ0n) is 15.1. The summed E-state index contributed by atoms with van der Waals surface area (Å²) in [5.41, 5.74) is 1.50. The molecule has 0 aliphatic rings. The Morgan fingerprint density at radius 1 is 0.727 bits per heavy atom. The first kappa shape index (κ1) is 19.3. The van der Waals surface area contributed by atoms with Gasteiger partial charge in [0.05, 0.1) is 0 Å². The lowest BCUT2D eigenvalue weighted by Crippen LogP contribution is -2.05. The van der Waals surface area contributed by atoms with Crippen molar-refractivity contribution in [3.8, 4) is 0 Å². The van der Waals surface area contributed by atoms with E-state index in [0.717, 1.165) is 5.92 Å². The molecule has 0 bridgehead atoms. The number of benzene rings is 1. The maximum Gasteiger partial charge on any atom is -0.0184 e. The van der Waals surface area contributed by atoms with Crippen LogP contribution in [0, 0.1) is 12.0 Å². The third kappa shape index (κ3) is 10.0. The summed E-state index contributed by atoms with van der Waals surface area (Å²) in [5.74, 6) is 0.894. The standard InChI is InChI=1S/C22H37/c1-3-5-7-9-10-13-17-21(16-12-8-6-4-2)20-22-18-14-11-15-19-22/h14-15,18-19,21H,3-10,12-13,16-17,20H2,1-2H3. The van der Waals surface area contributed by atoms with Crippen LogP contribution < -0.4 is 0 Å². The number of rotatable bonds is 14. The Balaban J connectivity index is 2.27. The zero-order valence-corrected chi connectivity index (χ0v) is 15.1. The molecule has 0 amide bonds. The molecular formula is C22H37. The van der Waals surface area contributed by atoms with Gasteiger partial charge < -0.3 is 0 Å². The van der Waals surface area contributed by atoms with Crippen molar-refractivity contribution < 1.29 is 0 Å². The number of hydrogen-bond acceptors (Lipinski definition) is 0. The van der Waals surface area contributed by atoms with Gasteiger partial charge in [-0.25, -0.2) is 0 Å². The average Bonchev–Trinajstić information content (AvgIpc) is 2.55. The minimum absolute atomic E-state index is 0.894. The maximum absolute atomic E-state index is 3.14. The van der Waals surface area contributed by atoms with Gasteiger partial charge in [-0.1, -0.05) is 115 Å². The lowest BCUT2D eigenvalue weighted by atomic mass is 9.89. The van der Waals surface area contributed by atoms with E-state index in [1.165, 1.54) is 89.0 Å². The molecule has 0 fully saturated rings. The normalized spacial score (nSPS) is 12.5. The summed E-state index contributed by atoms with van der Waals surface area (Å²) in [7, 11) is 0. The lowest BCUT2D eigenvalue weighted by molar-refractivity contribution is 0.402. The van der Waals surface area contributed by atoms with Gasteiger partial charge >= 0.3 is 0 Å². The van der Waals surface area contributed by atoms with Crippen LogP contribution in [0.2, 0.25) is 0 Å². The molecule has 0 aliphatic carbocycles.